The molecule has 1 unspecified atom stereocenters. The first-order valence-electron chi connectivity index (χ1n) is 5.08. The summed E-state index contributed by atoms with van der Waals surface area (Å²) in [6, 6.07) is 7.91. The van der Waals surface area contributed by atoms with E-state index in [2.05, 4.69) is 17.3 Å². The zero-order valence-corrected chi connectivity index (χ0v) is 8.53. The molecule has 0 radical (unpaired) electrons. The van der Waals surface area contributed by atoms with E-state index in [0.717, 1.165) is 11.4 Å². The van der Waals surface area contributed by atoms with Gasteiger partial charge in [-0.3, -0.25) is 4.90 Å². The minimum atomic E-state index is 0.485. The van der Waals surface area contributed by atoms with E-state index >= 15 is 0 Å². The van der Waals surface area contributed by atoms with Crippen molar-refractivity contribution < 1.29 is 0 Å². The maximum atomic E-state index is 5.62. The van der Waals surface area contributed by atoms with Crippen LogP contribution in [0.1, 0.15) is 12.8 Å². The van der Waals surface area contributed by atoms with Crippen molar-refractivity contribution in [1.82, 2.24) is 4.90 Å². The molecule has 0 saturated carbocycles. The van der Waals surface area contributed by atoms with Gasteiger partial charge in [0.1, 0.15) is 0 Å². The molecule has 3 heteroatoms. The Labute approximate surface area is 84.9 Å². The van der Waals surface area contributed by atoms with Gasteiger partial charge in [0.15, 0.2) is 0 Å². The van der Waals surface area contributed by atoms with Crippen molar-refractivity contribution in [2.75, 3.05) is 24.6 Å². The van der Waals surface area contributed by atoms with Crippen molar-refractivity contribution >= 4 is 11.4 Å². The summed E-state index contributed by atoms with van der Waals surface area (Å²) in [6.07, 6.45) is 2.99. The van der Waals surface area contributed by atoms with E-state index in [1.165, 1.54) is 19.4 Å². The second-order valence-corrected chi connectivity index (χ2v) is 3.90. The topological polar surface area (TPSA) is 41.3 Å². The summed E-state index contributed by atoms with van der Waals surface area (Å²) in [5.41, 5.74) is 7.59. The fourth-order valence-corrected chi connectivity index (χ4v) is 1.86. The van der Waals surface area contributed by atoms with Crippen LogP contribution in [0.15, 0.2) is 24.3 Å². The van der Waals surface area contributed by atoms with Gasteiger partial charge in [-0.15, -0.1) is 0 Å². The van der Waals surface area contributed by atoms with Gasteiger partial charge >= 0.3 is 0 Å². The predicted octanol–water partition coefficient (Wildman–Crippen LogP) is 1.73. The number of nitrogens with zero attached hydrogens (tertiary/aromatic N) is 1. The molecule has 3 N–H and O–H groups in total. The minimum absolute atomic E-state index is 0.485. The highest BCUT2D eigenvalue weighted by Crippen LogP contribution is 2.18. The van der Waals surface area contributed by atoms with E-state index in [4.69, 9.17) is 5.73 Å². The van der Waals surface area contributed by atoms with Crippen LogP contribution in [0.2, 0.25) is 0 Å². The van der Waals surface area contributed by atoms with E-state index < -0.39 is 0 Å². The van der Waals surface area contributed by atoms with Crippen LogP contribution in [-0.4, -0.2) is 24.7 Å². The lowest BCUT2D eigenvalue weighted by molar-refractivity contribution is 0.338. The van der Waals surface area contributed by atoms with Crippen LogP contribution >= 0.6 is 0 Å². The predicted molar refractivity (Wildman–Crippen MR) is 60.1 cm³/mol. The average Bonchev–Trinajstić information content (AvgIpc) is 2.56. The summed E-state index contributed by atoms with van der Waals surface area (Å²) >= 11 is 0. The molecule has 3 nitrogen and oxygen atoms in total. The SMILES string of the molecule is CN1CCCC1Nc1ccc(N)cc1. The fraction of sp³-hybridized carbons (Fsp3) is 0.455. The summed E-state index contributed by atoms with van der Waals surface area (Å²) in [5.74, 6) is 0. The third-order valence-electron chi connectivity index (χ3n) is 2.76. The number of likely N-dealkylation sites (tertiary alicyclic amines) is 1. The molecular weight excluding hydrogens is 174 g/mol. The number of hydrogen-bond donors (Lipinski definition) is 2. The van der Waals surface area contributed by atoms with Gasteiger partial charge in [0, 0.05) is 11.4 Å². The molecule has 1 fully saturated rings. The van der Waals surface area contributed by atoms with Gasteiger partial charge < -0.3 is 11.1 Å². The van der Waals surface area contributed by atoms with Crippen LogP contribution in [-0.2, 0) is 0 Å². The maximum absolute atomic E-state index is 5.62. The number of anilines is 2. The third kappa shape index (κ3) is 1.99. The molecule has 0 bridgehead atoms. The van der Waals surface area contributed by atoms with Gasteiger partial charge in [-0.1, -0.05) is 0 Å². The molecule has 1 aromatic rings. The highest BCUT2D eigenvalue weighted by molar-refractivity contribution is 5.51. The third-order valence-corrected chi connectivity index (χ3v) is 2.76. The molecule has 1 saturated heterocycles. The number of nitrogens with two attached hydrogens (primary N) is 1. The van der Waals surface area contributed by atoms with Crippen LogP contribution in [0.3, 0.4) is 0 Å². The number of benzene rings is 1. The Morgan fingerprint density at radius 3 is 2.64 bits per heavy atom. The minimum Gasteiger partial charge on any atom is -0.399 e. The number of rotatable bonds is 2. The van der Waals surface area contributed by atoms with Gasteiger partial charge in [-0.25, -0.2) is 0 Å². The monoisotopic (exact) mass is 191 g/mol. The molecule has 2 rings (SSSR count). The van der Waals surface area contributed by atoms with Gasteiger partial charge in [-0.2, -0.15) is 0 Å². The molecule has 1 heterocycles. The Hall–Kier alpha value is -1.22. The van der Waals surface area contributed by atoms with Crippen LogP contribution in [0, 0.1) is 0 Å². The highest BCUT2D eigenvalue weighted by Gasteiger charge is 2.19. The van der Waals surface area contributed by atoms with Gasteiger partial charge in [0.2, 0.25) is 0 Å². The Balaban J connectivity index is 2.00. The molecule has 76 valence electrons. The Kier molecular flexibility index (Phi) is 2.59. The van der Waals surface area contributed by atoms with Crippen molar-refractivity contribution in [3.05, 3.63) is 24.3 Å². The summed E-state index contributed by atoms with van der Waals surface area (Å²) < 4.78 is 0. The van der Waals surface area contributed by atoms with Crippen LogP contribution < -0.4 is 11.1 Å². The first kappa shape index (κ1) is 9.34. The van der Waals surface area contributed by atoms with E-state index in [0.29, 0.717) is 6.17 Å². The molecule has 1 aliphatic heterocycles. The molecule has 14 heavy (non-hydrogen) atoms. The molecule has 0 aliphatic carbocycles. The molecular formula is C11H17N3. The quantitative estimate of drug-likeness (QED) is 0.699. The van der Waals surface area contributed by atoms with Crippen molar-refractivity contribution in [3.63, 3.8) is 0 Å². The van der Waals surface area contributed by atoms with E-state index in [1.54, 1.807) is 0 Å². The van der Waals surface area contributed by atoms with Crippen molar-refractivity contribution in [3.8, 4) is 0 Å². The summed E-state index contributed by atoms with van der Waals surface area (Å²) in [7, 11) is 2.15. The zero-order chi connectivity index (χ0) is 9.97. The number of nitrogen functional groups attached to an aromatic ring is 1. The lowest BCUT2D eigenvalue weighted by Crippen LogP contribution is -2.31. The van der Waals surface area contributed by atoms with Crippen molar-refractivity contribution in [1.29, 1.82) is 0 Å². The van der Waals surface area contributed by atoms with Crippen molar-refractivity contribution in [2.45, 2.75) is 19.0 Å². The summed E-state index contributed by atoms with van der Waals surface area (Å²) in [4.78, 5) is 2.34. The average molecular weight is 191 g/mol. The largest absolute Gasteiger partial charge is 0.399 e. The summed E-state index contributed by atoms with van der Waals surface area (Å²) in [6.45, 7) is 1.19. The molecule has 1 aliphatic rings. The smallest absolute Gasteiger partial charge is 0.0791 e. The molecule has 1 aromatic carbocycles. The molecule has 0 aromatic heterocycles. The first-order chi connectivity index (χ1) is 6.75. The van der Waals surface area contributed by atoms with Crippen molar-refractivity contribution in [2.24, 2.45) is 0 Å². The first-order valence-corrected chi connectivity index (χ1v) is 5.08. The Morgan fingerprint density at radius 1 is 1.36 bits per heavy atom. The normalized spacial score (nSPS) is 22.5. The lowest BCUT2D eigenvalue weighted by atomic mass is 10.2. The maximum Gasteiger partial charge on any atom is 0.0791 e. The number of nitrogens with one attached hydrogen (secondary N) is 1. The zero-order valence-electron chi connectivity index (χ0n) is 8.53. The van der Waals surface area contributed by atoms with Crippen LogP contribution in [0.25, 0.3) is 0 Å². The Morgan fingerprint density at radius 2 is 2.07 bits per heavy atom. The standard InChI is InChI=1S/C11H17N3/c1-14-8-2-3-11(14)13-10-6-4-9(12)5-7-10/h4-7,11,13H,2-3,8,12H2,1H3. The van der Waals surface area contributed by atoms with Crippen LogP contribution in [0.4, 0.5) is 11.4 Å². The van der Waals surface area contributed by atoms with Gasteiger partial charge in [0.05, 0.1) is 6.17 Å². The Bertz CT molecular complexity index is 294. The fourth-order valence-electron chi connectivity index (χ4n) is 1.86. The van der Waals surface area contributed by atoms with E-state index in [-0.39, 0.29) is 0 Å². The lowest BCUT2D eigenvalue weighted by Gasteiger charge is -2.21. The number of hydrogen-bond acceptors (Lipinski definition) is 3. The van der Waals surface area contributed by atoms with Crippen LogP contribution in [0.5, 0.6) is 0 Å². The van der Waals surface area contributed by atoms with E-state index in [9.17, 15) is 0 Å². The molecule has 0 spiro atoms. The second-order valence-electron chi connectivity index (χ2n) is 3.90. The van der Waals surface area contributed by atoms with Gasteiger partial charge in [0.25, 0.3) is 0 Å². The molecule has 1 atom stereocenters. The van der Waals surface area contributed by atoms with E-state index in [1.807, 2.05) is 24.3 Å². The second kappa shape index (κ2) is 3.88. The molecule has 0 amide bonds. The highest BCUT2D eigenvalue weighted by atomic mass is 15.3. The summed E-state index contributed by atoms with van der Waals surface area (Å²) in [5, 5.41) is 3.49. The van der Waals surface area contributed by atoms with Gasteiger partial charge in [-0.05, 0) is 50.7 Å².